The van der Waals surface area contributed by atoms with E-state index in [1.807, 2.05) is 60.7 Å². The Hall–Kier alpha value is -7.83. The second-order valence-electron chi connectivity index (χ2n) is 13.6. The van der Waals surface area contributed by atoms with Crippen LogP contribution in [0.1, 0.15) is 21.9 Å². The third-order valence-corrected chi connectivity index (χ3v) is 10.8. The highest BCUT2D eigenvalue weighted by Crippen LogP contribution is 2.45. The molecule has 0 aliphatic rings. The van der Waals surface area contributed by atoms with Crippen molar-refractivity contribution in [3.8, 4) is 34.4 Å². The zero-order chi connectivity index (χ0) is 51.1. The molecule has 264 valence electrons. The van der Waals surface area contributed by atoms with E-state index in [1.54, 1.807) is 12.1 Å². The number of hydrogen-bond donors (Lipinski definition) is 0. The molecule has 5 aromatic heterocycles. The van der Waals surface area contributed by atoms with Crippen LogP contribution in [0, 0.1) is 0 Å². The van der Waals surface area contributed by atoms with Crippen molar-refractivity contribution >= 4 is 81.7 Å². The van der Waals surface area contributed by atoms with Crippen LogP contribution in [0.5, 0.6) is 0 Å². The van der Waals surface area contributed by atoms with Crippen LogP contribution in [-0.4, -0.2) is 28.5 Å². The van der Waals surface area contributed by atoms with Crippen LogP contribution in [0.4, 0.5) is 0 Å². The van der Waals surface area contributed by atoms with Gasteiger partial charge in [-0.05, 0) is 47.4 Å². The van der Waals surface area contributed by atoms with E-state index in [0.717, 1.165) is 52.8 Å². The van der Waals surface area contributed by atoms with E-state index in [-0.39, 0.29) is 49.4 Å². The maximum Gasteiger partial charge on any atom is 0.240 e. The fourth-order valence-corrected chi connectivity index (χ4v) is 8.51. The largest absolute Gasteiger partial charge is 0.308 e. The highest BCUT2D eigenvalue weighted by molar-refractivity contribution is 6.27. The Balaban J connectivity index is 1.24. The third-order valence-electron chi connectivity index (χ3n) is 10.8. The molecule has 13 aromatic rings. The first-order valence-corrected chi connectivity index (χ1v) is 18.0. The fraction of sp³-hybridized carbons (Fsp3) is 0. The van der Waals surface area contributed by atoms with Crippen molar-refractivity contribution in [1.29, 1.82) is 0 Å². The number of rotatable bonds is 4. The average molecular weight is 743 g/mol. The number of aromatic nitrogens is 6. The molecule has 0 atom stereocenters. The Kier molecular flexibility index (Phi) is 3.82. The van der Waals surface area contributed by atoms with Gasteiger partial charge in [-0.15, -0.1) is 0 Å². The van der Waals surface area contributed by atoms with Gasteiger partial charge in [0, 0.05) is 48.7 Å². The lowest BCUT2D eigenvalue weighted by atomic mass is 9.93. The zero-order valence-electron chi connectivity index (χ0n) is 45.3. The summed E-state index contributed by atoms with van der Waals surface area (Å²) in [6.45, 7) is 0. The topological polar surface area (TPSA) is 52.9 Å². The Morgan fingerprint density at radius 1 is 0.351 bits per heavy atom. The molecule has 0 saturated heterocycles. The van der Waals surface area contributed by atoms with Crippen molar-refractivity contribution in [3.05, 3.63) is 182 Å². The summed E-state index contributed by atoms with van der Waals surface area (Å²) < 4.78 is 148. The standard InChI is InChI=1S/C51H30N6/c1-2-21-39(31(15-1)37-29-30-38-36-20-7-9-23-41(36)55-46-28-14-8-22-40(46)47(37)48(38)55)49-52-50(56-42-24-10-3-16-32(42)33-17-4-11-25-43(33)56)54-51(53-49)57-44-26-12-5-18-34(44)35-19-6-13-27-45(35)57/h1-30H/i3D,4D,5D,6D,10D,11D,12D,13D,16D,17D,18D,19D,24D,25D,26D,27D. The summed E-state index contributed by atoms with van der Waals surface area (Å²) in [4.78, 5) is 14.9. The number of benzene rings is 8. The molecule has 5 heterocycles. The number of hydrogen-bond acceptors (Lipinski definition) is 3. The molecule has 0 spiro atoms. The molecule has 6 heteroatoms. The van der Waals surface area contributed by atoms with Crippen LogP contribution in [0.3, 0.4) is 0 Å². The predicted octanol–water partition coefficient (Wildman–Crippen LogP) is 12.5. The van der Waals surface area contributed by atoms with Gasteiger partial charge in [-0.3, -0.25) is 9.13 Å². The average Bonchev–Trinajstić information content (AvgIpc) is 4.16. The first kappa shape index (κ1) is 19.2. The molecule has 0 fully saturated rings. The Morgan fingerprint density at radius 3 is 1.37 bits per heavy atom. The molecule has 6 nitrogen and oxygen atoms in total. The second-order valence-corrected chi connectivity index (χ2v) is 13.6. The lowest BCUT2D eigenvalue weighted by Crippen LogP contribution is -2.10. The molecule has 8 aromatic carbocycles. The van der Waals surface area contributed by atoms with Crippen molar-refractivity contribution in [3.63, 3.8) is 0 Å². The minimum absolute atomic E-state index is 0.136. The zero-order valence-corrected chi connectivity index (χ0v) is 29.3. The van der Waals surface area contributed by atoms with Gasteiger partial charge in [-0.2, -0.15) is 15.0 Å². The van der Waals surface area contributed by atoms with Gasteiger partial charge in [0.05, 0.1) is 60.5 Å². The van der Waals surface area contributed by atoms with Crippen LogP contribution in [0.2, 0.25) is 0 Å². The van der Waals surface area contributed by atoms with Gasteiger partial charge in [0.1, 0.15) is 0 Å². The number of para-hydroxylation sites is 6. The van der Waals surface area contributed by atoms with Crippen LogP contribution in [-0.2, 0) is 0 Å². The molecule has 0 amide bonds. The lowest BCUT2D eigenvalue weighted by molar-refractivity contribution is 0.893. The van der Waals surface area contributed by atoms with Gasteiger partial charge in [0.25, 0.3) is 0 Å². The van der Waals surface area contributed by atoms with E-state index in [0.29, 0.717) is 11.1 Å². The Labute approximate surface area is 348 Å². The van der Waals surface area contributed by atoms with Crippen molar-refractivity contribution in [2.24, 2.45) is 0 Å². The summed E-state index contributed by atoms with van der Waals surface area (Å²) in [6, 6.07) is 16.9. The summed E-state index contributed by atoms with van der Waals surface area (Å²) in [5, 5.41) is 2.85. The molecule has 0 saturated carbocycles. The van der Waals surface area contributed by atoms with E-state index < -0.39 is 109 Å². The lowest BCUT2D eigenvalue weighted by Gasteiger charge is -2.15. The van der Waals surface area contributed by atoms with Crippen molar-refractivity contribution in [2.45, 2.75) is 0 Å². The first-order valence-electron chi connectivity index (χ1n) is 26.0. The van der Waals surface area contributed by atoms with E-state index in [9.17, 15) is 5.48 Å². The quantitative estimate of drug-likeness (QED) is 0.180. The van der Waals surface area contributed by atoms with Gasteiger partial charge < -0.3 is 4.40 Å². The number of nitrogens with zero attached hydrogens (tertiary/aromatic N) is 6. The number of fused-ring (bicyclic) bond motifs is 12. The third kappa shape index (κ3) is 4.10. The fourth-order valence-electron chi connectivity index (χ4n) is 8.51. The molecule has 0 aliphatic carbocycles. The molecule has 0 aliphatic heterocycles. The summed E-state index contributed by atoms with van der Waals surface area (Å²) in [7, 11) is 0. The van der Waals surface area contributed by atoms with E-state index >= 15 is 0 Å². The molecular weight excluding hydrogens is 697 g/mol. The van der Waals surface area contributed by atoms with E-state index in [2.05, 4.69) is 16.5 Å². The Bertz CT molecular complexity index is 4380. The van der Waals surface area contributed by atoms with E-state index in [4.69, 9.17) is 31.4 Å². The highest BCUT2D eigenvalue weighted by Gasteiger charge is 2.24. The summed E-state index contributed by atoms with van der Waals surface area (Å²) in [6.07, 6.45) is 0. The van der Waals surface area contributed by atoms with Crippen LogP contribution >= 0.6 is 0 Å². The maximum absolute atomic E-state index is 9.30. The molecular formula is C51H30N6. The summed E-state index contributed by atoms with van der Waals surface area (Å²) in [5.74, 6) is -1.07. The molecule has 13 rings (SSSR count). The van der Waals surface area contributed by atoms with E-state index in [1.165, 1.54) is 0 Å². The molecule has 0 unspecified atom stereocenters. The monoisotopic (exact) mass is 742 g/mol. The van der Waals surface area contributed by atoms with Gasteiger partial charge in [0.15, 0.2) is 5.82 Å². The summed E-state index contributed by atoms with van der Waals surface area (Å²) >= 11 is 0. The molecule has 0 radical (unpaired) electrons. The highest BCUT2D eigenvalue weighted by atomic mass is 15.3. The van der Waals surface area contributed by atoms with Crippen LogP contribution in [0.15, 0.2) is 182 Å². The van der Waals surface area contributed by atoms with Crippen molar-refractivity contribution < 1.29 is 21.9 Å². The van der Waals surface area contributed by atoms with Crippen molar-refractivity contribution in [1.82, 2.24) is 28.5 Å². The second kappa shape index (κ2) is 11.4. The Morgan fingerprint density at radius 2 is 0.807 bits per heavy atom. The van der Waals surface area contributed by atoms with Crippen LogP contribution in [0.25, 0.3) is 116 Å². The van der Waals surface area contributed by atoms with Gasteiger partial charge in [0.2, 0.25) is 11.9 Å². The van der Waals surface area contributed by atoms with Gasteiger partial charge in [-0.1, -0.05) is 145 Å². The summed E-state index contributed by atoms with van der Waals surface area (Å²) in [5.41, 5.74) is 3.32. The van der Waals surface area contributed by atoms with Gasteiger partial charge >= 0.3 is 0 Å². The normalized spacial score (nSPS) is 16.1. The van der Waals surface area contributed by atoms with Gasteiger partial charge in [-0.25, -0.2) is 0 Å². The smallest absolute Gasteiger partial charge is 0.240 e. The molecule has 57 heavy (non-hydrogen) atoms. The van der Waals surface area contributed by atoms with Crippen molar-refractivity contribution in [2.75, 3.05) is 0 Å². The minimum Gasteiger partial charge on any atom is -0.308 e. The van der Waals surface area contributed by atoms with Crippen LogP contribution < -0.4 is 0 Å². The molecule has 0 bridgehead atoms. The molecule has 0 N–H and O–H groups in total. The SMILES string of the molecule is [2H]c1c([2H])c([2H])c2c(c1[2H])c1c([2H])c([2H])c([2H])c([2H])c1n2-c1nc(-c2ccccc2-c2ccc3c4ccccc4n4c5ccccc5c2c34)nc(-n2c3c([2H])c([2H])c([2H])c([2H])c3c3c([2H])c([2H])c([2H])c([2H])c32)n1. The predicted molar refractivity (Wildman–Crippen MR) is 234 cm³/mol. The first-order chi connectivity index (χ1) is 35.0. The minimum atomic E-state index is -0.697. The maximum atomic E-state index is 9.30.